The highest BCUT2D eigenvalue weighted by molar-refractivity contribution is 5.18. The first-order valence-corrected chi connectivity index (χ1v) is 21.7. The van der Waals surface area contributed by atoms with E-state index in [0.717, 1.165) is 25.8 Å². The number of nitrogens with zero attached hydrogens (tertiary/aromatic N) is 2. The van der Waals surface area contributed by atoms with Crippen molar-refractivity contribution in [1.29, 1.82) is 0 Å². The van der Waals surface area contributed by atoms with Crippen molar-refractivity contribution >= 4 is 0 Å². The number of hydrogen-bond donors (Lipinski definition) is 3. The van der Waals surface area contributed by atoms with Gasteiger partial charge in [-0.25, -0.2) is 0 Å². The number of methoxy groups -OCH3 is 1. The molecule has 0 bridgehead atoms. The van der Waals surface area contributed by atoms with Crippen LogP contribution >= 0.6 is 0 Å². The van der Waals surface area contributed by atoms with Gasteiger partial charge in [0, 0.05) is 76.0 Å². The summed E-state index contributed by atoms with van der Waals surface area (Å²) in [5.41, 5.74) is 1.24. The molecule has 2 aliphatic rings. The molecular formula is C47H91N5O. The lowest BCUT2D eigenvalue weighted by molar-refractivity contribution is 0.156. The number of nitrogens with one attached hydrogen (secondary N) is 3. The van der Waals surface area contributed by atoms with Crippen molar-refractivity contribution in [2.75, 3.05) is 46.9 Å². The Morgan fingerprint density at radius 2 is 1.55 bits per heavy atom. The second-order valence-electron chi connectivity index (χ2n) is 15.1. The number of piperidine rings is 2. The van der Waals surface area contributed by atoms with E-state index in [1.54, 1.807) is 7.11 Å². The van der Waals surface area contributed by atoms with Gasteiger partial charge in [0.1, 0.15) is 0 Å². The standard InChI is InChI=1S/C25H53N5.C11H18O.C6H10.C5H10/c1-7-20(4)26-22(8-2)18-30(9-3)19-25-15-11-14-24(28-25)17-29(6)16-23-13-10-12-21(5)27-23;1-5-11(6-2)9-7-8-10(3)12-4;1-3-5-6-4-2;1-3-5-4-2/h20-28H,7-19H2,1-6H3;5-8,10H,1,9H2,2-4H3;3,5H2,1-2H3;3,5H,4H2,1-2H3/b;8-7-,11-6+;;5-3-. The van der Waals surface area contributed by atoms with Crippen molar-refractivity contribution in [2.45, 2.75) is 196 Å². The van der Waals surface area contributed by atoms with Crippen LogP contribution in [0.2, 0.25) is 0 Å². The third-order valence-electron chi connectivity index (χ3n) is 10.2. The van der Waals surface area contributed by atoms with Crippen molar-refractivity contribution in [3.05, 3.63) is 48.6 Å². The monoisotopic (exact) mass is 742 g/mol. The summed E-state index contributed by atoms with van der Waals surface area (Å²) in [6.07, 6.45) is 27.3. The van der Waals surface area contributed by atoms with E-state index in [1.807, 2.05) is 39.8 Å². The number of likely N-dealkylation sites (N-methyl/N-ethyl adjacent to an activating group) is 2. The van der Waals surface area contributed by atoms with Crippen LogP contribution in [0.15, 0.2) is 48.6 Å². The summed E-state index contributed by atoms with van der Waals surface area (Å²) in [6, 6.07) is 3.88. The first kappa shape index (κ1) is 53.4. The van der Waals surface area contributed by atoms with Crippen molar-refractivity contribution in [2.24, 2.45) is 0 Å². The van der Waals surface area contributed by atoms with Crippen LogP contribution in [0.5, 0.6) is 0 Å². The van der Waals surface area contributed by atoms with E-state index in [2.05, 4.69) is 124 Å². The summed E-state index contributed by atoms with van der Waals surface area (Å²) in [5, 5.41) is 11.6. The average molecular weight is 742 g/mol. The quantitative estimate of drug-likeness (QED) is 0.0656. The lowest BCUT2D eigenvalue weighted by Gasteiger charge is -2.38. The fourth-order valence-corrected chi connectivity index (χ4v) is 6.66. The first-order valence-electron chi connectivity index (χ1n) is 21.7. The maximum atomic E-state index is 5.07. The van der Waals surface area contributed by atoms with Crippen molar-refractivity contribution in [1.82, 2.24) is 25.8 Å². The van der Waals surface area contributed by atoms with Crippen LogP contribution in [0, 0.1) is 11.8 Å². The fourth-order valence-electron chi connectivity index (χ4n) is 6.66. The zero-order valence-electron chi connectivity index (χ0n) is 37.5. The smallest absolute Gasteiger partial charge is 0.0723 e. The number of unbranched alkanes of at least 4 members (excludes halogenated alkanes) is 1. The SMILES string of the molecule is C/C=C\CC.C=C/C(=C\C)C/C=C\C(C)OC.CC#CCCC.CCC(C)NC(CC)CN(CC)CC1CCCC(CN(C)CC2CCCC(C)N2)N1. The molecule has 7 unspecified atom stereocenters. The number of allylic oxidation sites excluding steroid dienone is 6. The largest absolute Gasteiger partial charge is 0.378 e. The Balaban J connectivity index is 0. The van der Waals surface area contributed by atoms with Gasteiger partial charge in [0.2, 0.25) is 0 Å². The predicted octanol–water partition coefficient (Wildman–Crippen LogP) is 10.3. The van der Waals surface area contributed by atoms with E-state index in [9.17, 15) is 0 Å². The van der Waals surface area contributed by atoms with Crippen LogP contribution in [-0.4, -0.2) is 99.0 Å². The molecule has 0 radical (unpaired) electrons. The van der Waals surface area contributed by atoms with Crippen LogP contribution < -0.4 is 16.0 Å². The molecule has 53 heavy (non-hydrogen) atoms. The Hall–Kier alpha value is -1.72. The van der Waals surface area contributed by atoms with Gasteiger partial charge in [0.15, 0.2) is 0 Å². The molecule has 0 aromatic carbocycles. The molecule has 0 spiro atoms. The van der Waals surface area contributed by atoms with E-state index in [-0.39, 0.29) is 6.10 Å². The molecule has 0 aromatic rings. The minimum Gasteiger partial charge on any atom is -0.378 e. The Morgan fingerprint density at radius 1 is 0.925 bits per heavy atom. The summed E-state index contributed by atoms with van der Waals surface area (Å²) in [4.78, 5) is 5.23. The molecule has 7 atom stereocenters. The maximum Gasteiger partial charge on any atom is 0.0723 e. The van der Waals surface area contributed by atoms with Gasteiger partial charge in [-0.15, -0.1) is 11.8 Å². The third-order valence-corrected chi connectivity index (χ3v) is 10.2. The number of hydrogen-bond acceptors (Lipinski definition) is 6. The van der Waals surface area contributed by atoms with Crippen LogP contribution in [-0.2, 0) is 4.74 Å². The molecule has 2 aliphatic heterocycles. The normalized spacial score (nSPS) is 22.1. The summed E-state index contributed by atoms with van der Waals surface area (Å²) < 4.78 is 5.07. The second kappa shape index (κ2) is 37.2. The molecule has 6 nitrogen and oxygen atoms in total. The van der Waals surface area contributed by atoms with Gasteiger partial charge in [-0.1, -0.05) is 90.5 Å². The van der Waals surface area contributed by atoms with E-state index in [0.29, 0.717) is 36.3 Å². The molecule has 2 saturated heterocycles. The van der Waals surface area contributed by atoms with Gasteiger partial charge in [-0.05, 0) is 118 Å². The van der Waals surface area contributed by atoms with Crippen molar-refractivity contribution < 1.29 is 4.74 Å². The summed E-state index contributed by atoms with van der Waals surface area (Å²) >= 11 is 0. The lowest BCUT2D eigenvalue weighted by Crippen LogP contribution is -2.54. The summed E-state index contributed by atoms with van der Waals surface area (Å²) in [5.74, 6) is 5.77. The van der Waals surface area contributed by atoms with Crippen molar-refractivity contribution in [3.63, 3.8) is 0 Å². The Morgan fingerprint density at radius 3 is 1.98 bits per heavy atom. The molecule has 2 fully saturated rings. The highest BCUT2D eigenvalue weighted by atomic mass is 16.5. The molecule has 3 N–H and O–H groups in total. The predicted molar refractivity (Wildman–Crippen MR) is 239 cm³/mol. The minimum absolute atomic E-state index is 0.202. The molecule has 0 amide bonds. The van der Waals surface area contributed by atoms with Crippen LogP contribution in [0.1, 0.15) is 153 Å². The first-order chi connectivity index (χ1) is 25.5. The molecule has 310 valence electrons. The van der Waals surface area contributed by atoms with E-state index < -0.39 is 0 Å². The zero-order valence-corrected chi connectivity index (χ0v) is 37.5. The van der Waals surface area contributed by atoms with Crippen LogP contribution in [0.4, 0.5) is 0 Å². The van der Waals surface area contributed by atoms with Crippen LogP contribution in [0.25, 0.3) is 0 Å². The zero-order chi connectivity index (χ0) is 40.3. The van der Waals surface area contributed by atoms with Gasteiger partial charge in [-0.2, -0.15) is 0 Å². The van der Waals surface area contributed by atoms with Gasteiger partial charge >= 0.3 is 0 Å². The number of rotatable bonds is 20. The molecular weight excluding hydrogens is 651 g/mol. The molecule has 0 saturated carbocycles. The highest BCUT2D eigenvalue weighted by Crippen LogP contribution is 2.17. The van der Waals surface area contributed by atoms with E-state index >= 15 is 0 Å². The third kappa shape index (κ3) is 31.2. The summed E-state index contributed by atoms with van der Waals surface area (Å²) in [6.45, 7) is 33.3. The van der Waals surface area contributed by atoms with Crippen LogP contribution in [0.3, 0.4) is 0 Å². The Bertz CT molecular complexity index is 981. The van der Waals surface area contributed by atoms with Gasteiger partial charge in [0.05, 0.1) is 6.10 Å². The Labute approximate surface area is 332 Å². The average Bonchev–Trinajstić information content (AvgIpc) is 3.16. The fraction of sp³-hybridized carbons (Fsp3) is 0.787. The highest BCUT2D eigenvalue weighted by Gasteiger charge is 2.26. The molecule has 0 aromatic heterocycles. The van der Waals surface area contributed by atoms with E-state index in [4.69, 9.17) is 4.74 Å². The number of ether oxygens (including phenoxy) is 1. The van der Waals surface area contributed by atoms with E-state index in [1.165, 1.54) is 89.5 Å². The topological polar surface area (TPSA) is 51.8 Å². The van der Waals surface area contributed by atoms with Gasteiger partial charge in [-0.3, -0.25) is 0 Å². The maximum absolute atomic E-state index is 5.07. The van der Waals surface area contributed by atoms with Crippen molar-refractivity contribution in [3.8, 4) is 11.8 Å². The van der Waals surface area contributed by atoms with Gasteiger partial charge < -0.3 is 30.5 Å². The summed E-state index contributed by atoms with van der Waals surface area (Å²) in [7, 11) is 4.02. The lowest BCUT2D eigenvalue weighted by atomic mass is 9.96. The molecule has 0 aliphatic carbocycles. The second-order valence-corrected chi connectivity index (χ2v) is 15.1. The molecule has 6 heteroatoms. The molecule has 2 heterocycles. The minimum atomic E-state index is 0.202. The Kier molecular flexibility index (Phi) is 37.5. The van der Waals surface area contributed by atoms with Gasteiger partial charge in [0.25, 0.3) is 0 Å². The molecule has 2 rings (SSSR count).